The molecule has 1 fully saturated rings. The van der Waals surface area contributed by atoms with Crippen molar-refractivity contribution in [3.05, 3.63) is 24.0 Å². The molecule has 7 heteroatoms. The lowest BCUT2D eigenvalue weighted by Gasteiger charge is -2.27. The number of hydrogen-bond donors (Lipinski definition) is 1. The summed E-state index contributed by atoms with van der Waals surface area (Å²) in [5, 5.41) is 0. The number of rotatable bonds is 3. The largest absolute Gasteiger partial charge is 0.389 e. The molecule has 1 aromatic heterocycles. The van der Waals surface area contributed by atoms with Crippen molar-refractivity contribution in [1.29, 1.82) is 0 Å². The zero-order valence-corrected chi connectivity index (χ0v) is 11.7. The Morgan fingerprint density at radius 1 is 1.61 bits per heavy atom. The summed E-state index contributed by atoms with van der Waals surface area (Å²) in [6, 6.07) is 1.71. The van der Waals surface area contributed by atoms with E-state index in [1.165, 1.54) is 0 Å². The predicted octanol–water partition coefficient (Wildman–Crippen LogP) is 0.339. The van der Waals surface area contributed by atoms with Crippen LogP contribution in [0.2, 0.25) is 0 Å². The van der Waals surface area contributed by atoms with Gasteiger partial charge in [0.05, 0.1) is 23.4 Å². The summed E-state index contributed by atoms with van der Waals surface area (Å²) >= 11 is 4.99. The van der Waals surface area contributed by atoms with Gasteiger partial charge in [-0.15, -0.1) is 0 Å². The van der Waals surface area contributed by atoms with E-state index in [0.717, 1.165) is 11.3 Å². The summed E-state index contributed by atoms with van der Waals surface area (Å²) in [5.74, 6) is 0.417. The standard InChI is InChI=1S/C11H15N3O2S2/c1-14(8-3-5-18(15,16)7-8)10-6-13-4-2-9(10)11(12)17/h2,4,6,8H,3,5,7H2,1H3,(H2,12,17). The maximum Gasteiger partial charge on any atom is 0.152 e. The number of sulfone groups is 1. The number of nitrogens with two attached hydrogens (primary N) is 1. The van der Waals surface area contributed by atoms with Crippen molar-refractivity contribution in [3.63, 3.8) is 0 Å². The van der Waals surface area contributed by atoms with Crippen LogP contribution in [0.4, 0.5) is 5.69 Å². The molecule has 2 heterocycles. The minimum Gasteiger partial charge on any atom is -0.389 e. The molecule has 1 saturated heterocycles. The van der Waals surface area contributed by atoms with Gasteiger partial charge >= 0.3 is 0 Å². The molecule has 1 aromatic rings. The highest BCUT2D eigenvalue weighted by atomic mass is 32.2. The second kappa shape index (κ2) is 4.81. The number of hydrogen-bond acceptors (Lipinski definition) is 5. The van der Waals surface area contributed by atoms with Gasteiger partial charge in [0.1, 0.15) is 4.99 Å². The van der Waals surface area contributed by atoms with Crippen LogP contribution in [0.15, 0.2) is 18.5 Å². The van der Waals surface area contributed by atoms with Crippen LogP contribution in [-0.4, -0.2) is 43.0 Å². The van der Waals surface area contributed by atoms with Gasteiger partial charge in [0.2, 0.25) is 0 Å². The monoisotopic (exact) mass is 285 g/mol. The average Bonchev–Trinajstić information content (AvgIpc) is 2.68. The Kier molecular flexibility index (Phi) is 3.54. The molecular formula is C11H15N3O2S2. The van der Waals surface area contributed by atoms with E-state index in [2.05, 4.69) is 4.98 Å². The van der Waals surface area contributed by atoms with Gasteiger partial charge in [0, 0.05) is 24.8 Å². The molecular weight excluding hydrogens is 270 g/mol. The quantitative estimate of drug-likeness (QED) is 0.807. The van der Waals surface area contributed by atoms with Gasteiger partial charge in [0.15, 0.2) is 9.84 Å². The molecule has 2 rings (SSSR count). The van der Waals surface area contributed by atoms with E-state index in [0.29, 0.717) is 11.4 Å². The molecule has 0 spiro atoms. The number of thiocarbonyl (C=S) groups is 1. The van der Waals surface area contributed by atoms with Crippen molar-refractivity contribution in [3.8, 4) is 0 Å². The lowest BCUT2D eigenvalue weighted by atomic mass is 10.1. The van der Waals surface area contributed by atoms with Crippen LogP contribution in [0.25, 0.3) is 0 Å². The van der Waals surface area contributed by atoms with Gasteiger partial charge in [-0.05, 0) is 12.5 Å². The minimum atomic E-state index is -2.91. The zero-order chi connectivity index (χ0) is 13.3. The third kappa shape index (κ3) is 2.62. The molecule has 1 unspecified atom stereocenters. The van der Waals surface area contributed by atoms with Crippen molar-refractivity contribution < 1.29 is 8.42 Å². The number of nitrogens with zero attached hydrogens (tertiary/aromatic N) is 2. The Balaban J connectivity index is 2.30. The minimum absolute atomic E-state index is 0.0349. The summed E-state index contributed by atoms with van der Waals surface area (Å²) in [4.78, 5) is 6.25. The summed E-state index contributed by atoms with van der Waals surface area (Å²) in [6.45, 7) is 0. The number of anilines is 1. The normalized spacial score (nSPS) is 21.7. The number of pyridine rings is 1. The van der Waals surface area contributed by atoms with E-state index in [1.807, 2.05) is 11.9 Å². The van der Waals surface area contributed by atoms with Gasteiger partial charge in [-0.25, -0.2) is 8.42 Å². The fraction of sp³-hybridized carbons (Fsp3) is 0.455. The van der Waals surface area contributed by atoms with Crippen molar-refractivity contribution in [1.82, 2.24) is 4.98 Å². The average molecular weight is 285 g/mol. The third-order valence-electron chi connectivity index (χ3n) is 3.20. The molecule has 98 valence electrons. The van der Waals surface area contributed by atoms with E-state index < -0.39 is 9.84 Å². The molecule has 0 saturated carbocycles. The van der Waals surface area contributed by atoms with Crippen LogP contribution in [0.5, 0.6) is 0 Å². The lowest BCUT2D eigenvalue weighted by molar-refractivity contribution is 0.601. The van der Waals surface area contributed by atoms with Gasteiger partial charge in [-0.2, -0.15) is 0 Å². The molecule has 0 aliphatic carbocycles. The van der Waals surface area contributed by atoms with Crippen molar-refractivity contribution in [2.24, 2.45) is 5.73 Å². The predicted molar refractivity (Wildman–Crippen MR) is 75.6 cm³/mol. The first-order valence-electron chi connectivity index (χ1n) is 5.58. The van der Waals surface area contributed by atoms with Crippen molar-refractivity contribution in [2.75, 3.05) is 23.5 Å². The fourth-order valence-electron chi connectivity index (χ4n) is 2.15. The molecule has 1 aliphatic heterocycles. The zero-order valence-electron chi connectivity index (χ0n) is 10.0. The highest BCUT2D eigenvalue weighted by Gasteiger charge is 2.31. The summed E-state index contributed by atoms with van der Waals surface area (Å²) in [5.41, 5.74) is 7.18. The molecule has 5 nitrogen and oxygen atoms in total. The second-order valence-electron chi connectivity index (χ2n) is 4.42. The number of aromatic nitrogens is 1. The first-order chi connectivity index (χ1) is 8.41. The van der Waals surface area contributed by atoms with Crippen molar-refractivity contribution >= 4 is 32.7 Å². The van der Waals surface area contributed by atoms with E-state index in [9.17, 15) is 8.42 Å². The highest BCUT2D eigenvalue weighted by Crippen LogP contribution is 2.25. The van der Waals surface area contributed by atoms with Crippen LogP contribution in [0.1, 0.15) is 12.0 Å². The van der Waals surface area contributed by atoms with E-state index in [4.69, 9.17) is 18.0 Å². The summed E-state index contributed by atoms with van der Waals surface area (Å²) < 4.78 is 23.0. The molecule has 1 aliphatic rings. The smallest absolute Gasteiger partial charge is 0.152 e. The van der Waals surface area contributed by atoms with Crippen LogP contribution in [-0.2, 0) is 9.84 Å². The van der Waals surface area contributed by atoms with Crippen LogP contribution < -0.4 is 10.6 Å². The van der Waals surface area contributed by atoms with E-state index in [-0.39, 0.29) is 17.5 Å². The molecule has 1 atom stereocenters. The lowest BCUT2D eigenvalue weighted by Crippen LogP contribution is -2.34. The fourth-order valence-corrected chi connectivity index (χ4v) is 4.10. The molecule has 0 bridgehead atoms. The summed E-state index contributed by atoms with van der Waals surface area (Å²) in [6.07, 6.45) is 3.92. The topological polar surface area (TPSA) is 76.3 Å². The first-order valence-corrected chi connectivity index (χ1v) is 7.81. The Bertz CT molecular complexity index is 571. The van der Waals surface area contributed by atoms with Gasteiger partial charge in [-0.1, -0.05) is 12.2 Å². The molecule has 0 aromatic carbocycles. The first kappa shape index (κ1) is 13.2. The SMILES string of the molecule is CN(c1cnccc1C(N)=S)C1CCS(=O)(=O)C1. The van der Waals surface area contributed by atoms with Crippen LogP contribution in [0.3, 0.4) is 0 Å². The Morgan fingerprint density at radius 2 is 2.33 bits per heavy atom. The molecule has 0 amide bonds. The Hall–Kier alpha value is -1.21. The van der Waals surface area contributed by atoms with Crippen molar-refractivity contribution in [2.45, 2.75) is 12.5 Å². The third-order valence-corrected chi connectivity index (χ3v) is 5.17. The summed E-state index contributed by atoms with van der Waals surface area (Å²) in [7, 11) is -1.06. The van der Waals surface area contributed by atoms with E-state index in [1.54, 1.807) is 18.5 Å². The van der Waals surface area contributed by atoms with Gasteiger partial charge in [-0.3, -0.25) is 4.98 Å². The maximum absolute atomic E-state index is 11.5. The Labute approximate surface area is 112 Å². The van der Waals surface area contributed by atoms with E-state index >= 15 is 0 Å². The Morgan fingerprint density at radius 3 is 2.89 bits per heavy atom. The van der Waals surface area contributed by atoms with Crippen LogP contribution in [0, 0.1) is 0 Å². The van der Waals surface area contributed by atoms with Gasteiger partial charge in [0.25, 0.3) is 0 Å². The van der Waals surface area contributed by atoms with Gasteiger partial charge < -0.3 is 10.6 Å². The molecule has 18 heavy (non-hydrogen) atoms. The second-order valence-corrected chi connectivity index (χ2v) is 7.09. The maximum atomic E-state index is 11.5. The highest BCUT2D eigenvalue weighted by molar-refractivity contribution is 7.91. The molecule has 2 N–H and O–H groups in total. The molecule has 0 radical (unpaired) electrons. The van der Waals surface area contributed by atoms with Crippen LogP contribution >= 0.6 is 12.2 Å².